The summed E-state index contributed by atoms with van der Waals surface area (Å²) in [6.07, 6.45) is 6.69. The van der Waals surface area contributed by atoms with Gasteiger partial charge in [0.05, 0.1) is 17.6 Å². The van der Waals surface area contributed by atoms with Crippen LogP contribution in [0.5, 0.6) is 0 Å². The number of nitrogens with zero attached hydrogens (tertiary/aromatic N) is 3. The predicted molar refractivity (Wildman–Crippen MR) is 69.3 cm³/mol. The molecule has 2 aromatic heterocycles. The number of rotatable bonds is 4. The van der Waals surface area contributed by atoms with E-state index in [9.17, 15) is 0 Å². The Labute approximate surface area is 101 Å². The van der Waals surface area contributed by atoms with Crippen LogP contribution in [0.15, 0.2) is 30.7 Å². The molecule has 0 radical (unpaired) electrons. The summed E-state index contributed by atoms with van der Waals surface area (Å²) in [6.45, 7) is 5.35. The normalized spacial score (nSPS) is 11.0. The highest BCUT2D eigenvalue weighted by atomic mass is 15.3. The third kappa shape index (κ3) is 2.84. The minimum atomic E-state index is 0.683. The van der Waals surface area contributed by atoms with Gasteiger partial charge in [-0.05, 0) is 24.5 Å². The number of aromatic nitrogens is 3. The van der Waals surface area contributed by atoms with Gasteiger partial charge < -0.3 is 5.73 Å². The van der Waals surface area contributed by atoms with Crippen molar-refractivity contribution in [2.75, 3.05) is 5.73 Å². The highest BCUT2D eigenvalue weighted by molar-refractivity contribution is 5.70. The van der Waals surface area contributed by atoms with Gasteiger partial charge in [0, 0.05) is 24.5 Å². The summed E-state index contributed by atoms with van der Waals surface area (Å²) in [7, 11) is 0. The molecule has 0 atom stereocenters. The number of hydrogen-bond donors (Lipinski definition) is 1. The van der Waals surface area contributed by atoms with Gasteiger partial charge in [-0.2, -0.15) is 5.10 Å². The van der Waals surface area contributed by atoms with E-state index in [-0.39, 0.29) is 0 Å². The molecule has 90 valence electrons. The minimum absolute atomic E-state index is 0.683. The molecule has 0 unspecified atom stereocenters. The molecule has 0 saturated carbocycles. The average molecular weight is 230 g/mol. The lowest BCUT2D eigenvalue weighted by Crippen LogP contribution is -2.01. The molecule has 0 saturated heterocycles. The van der Waals surface area contributed by atoms with E-state index in [2.05, 4.69) is 23.9 Å². The van der Waals surface area contributed by atoms with Crippen LogP contribution in [-0.4, -0.2) is 14.8 Å². The Bertz CT molecular complexity index is 488. The van der Waals surface area contributed by atoms with E-state index in [4.69, 9.17) is 5.73 Å². The third-order valence-electron chi connectivity index (χ3n) is 2.68. The molecule has 17 heavy (non-hydrogen) atoms. The molecular weight excluding hydrogens is 212 g/mol. The Morgan fingerprint density at radius 3 is 2.94 bits per heavy atom. The molecule has 2 N–H and O–H groups in total. The maximum absolute atomic E-state index is 5.88. The van der Waals surface area contributed by atoms with Crippen LogP contribution in [0.1, 0.15) is 20.3 Å². The van der Waals surface area contributed by atoms with Crippen molar-refractivity contribution in [1.82, 2.24) is 14.8 Å². The van der Waals surface area contributed by atoms with Crippen LogP contribution in [0.4, 0.5) is 5.69 Å². The molecule has 2 heterocycles. The van der Waals surface area contributed by atoms with Crippen molar-refractivity contribution in [3.05, 3.63) is 30.7 Å². The second kappa shape index (κ2) is 4.99. The van der Waals surface area contributed by atoms with Crippen molar-refractivity contribution in [2.24, 2.45) is 5.92 Å². The number of aryl methyl sites for hydroxylation is 1. The largest absolute Gasteiger partial charge is 0.397 e. The first-order valence-corrected chi connectivity index (χ1v) is 5.90. The van der Waals surface area contributed by atoms with Crippen LogP contribution in [0, 0.1) is 5.92 Å². The van der Waals surface area contributed by atoms with E-state index < -0.39 is 0 Å². The highest BCUT2D eigenvalue weighted by Gasteiger charge is 2.06. The van der Waals surface area contributed by atoms with E-state index in [1.165, 1.54) is 0 Å². The molecule has 4 heteroatoms. The van der Waals surface area contributed by atoms with E-state index in [1.54, 1.807) is 6.20 Å². The van der Waals surface area contributed by atoms with Gasteiger partial charge in [-0.1, -0.05) is 13.8 Å². The van der Waals surface area contributed by atoms with Crippen molar-refractivity contribution in [2.45, 2.75) is 26.8 Å². The molecule has 0 fully saturated rings. The summed E-state index contributed by atoms with van der Waals surface area (Å²) >= 11 is 0. The molecule has 0 aromatic carbocycles. The second-order valence-electron chi connectivity index (χ2n) is 4.62. The summed E-state index contributed by atoms with van der Waals surface area (Å²) in [5, 5.41) is 4.33. The van der Waals surface area contributed by atoms with Crippen LogP contribution in [0.25, 0.3) is 11.3 Å². The summed E-state index contributed by atoms with van der Waals surface area (Å²) in [6, 6.07) is 3.69. The van der Waals surface area contributed by atoms with Gasteiger partial charge in [-0.15, -0.1) is 0 Å². The lowest BCUT2D eigenvalue weighted by molar-refractivity contribution is 0.487. The van der Waals surface area contributed by atoms with Gasteiger partial charge >= 0.3 is 0 Å². The van der Waals surface area contributed by atoms with E-state index in [1.807, 2.05) is 29.2 Å². The van der Waals surface area contributed by atoms with Gasteiger partial charge in [0.1, 0.15) is 0 Å². The number of anilines is 1. The van der Waals surface area contributed by atoms with E-state index in [0.717, 1.165) is 24.2 Å². The van der Waals surface area contributed by atoms with Gasteiger partial charge in [0.15, 0.2) is 0 Å². The molecule has 0 aliphatic heterocycles. The van der Waals surface area contributed by atoms with Gasteiger partial charge in [0.2, 0.25) is 0 Å². The first-order valence-electron chi connectivity index (χ1n) is 5.90. The topological polar surface area (TPSA) is 56.7 Å². The van der Waals surface area contributed by atoms with Crippen molar-refractivity contribution in [3.63, 3.8) is 0 Å². The number of pyridine rings is 1. The third-order valence-corrected chi connectivity index (χ3v) is 2.68. The van der Waals surface area contributed by atoms with E-state index in [0.29, 0.717) is 11.6 Å². The van der Waals surface area contributed by atoms with Crippen molar-refractivity contribution in [3.8, 4) is 11.3 Å². The summed E-state index contributed by atoms with van der Waals surface area (Å²) in [5.74, 6) is 0.683. The summed E-state index contributed by atoms with van der Waals surface area (Å²) < 4.78 is 1.95. The molecule has 0 spiro atoms. The fourth-order valence-corrected chi connectivity index (χ4v) is 1.66. The molecule has 4 nitrogen and oxygen atoms in total. The second-order valence-corrected chi connectivity index (χ2v) is 4.62. The molecule has 2 rings (SSSR count). The molecule has 0 aliphatic carbocycles. The zero-order valence-electron chi connectivity index (χ0n) is 10.3. The molecule has 0 amide bonds. The number of nitrogens with two attached hydrogens (primary N) is 1. The van der Waals surface area contributed by atoms with Gasteiger partial charge in [-0.3, -0.25) is 9.67 Å². The fourth-order valence-electron chi connectivity index (χ4n) is 1.66. The molecule has 2 aromatic rings. The first-order chi connectivity index (χ1) is 8.16. The Balaban J connectivity index is 2.16. The quantitative estimate of drug-likeness (QED) is 0.878. The summed E-state index contributed by atoms with van der Waals surface area (Å²) in [4.78, 5) is 4.28. The Kier molecular flexibility index (Phi) is 3.42. The molecule has 0 aliphatic rings. The van der Waals surface area contributed by atoms with Gasteiger partial charge in [-0.25, -0.2) is 0 Å². The lowest BCUT2D eigenvalue weighted by Gasteiger charge is -2.04. The first kappa shape index (κ1) is 11.6. The molecular formula is C13H18N4. The van der Waals surface area contributed by atoms with Crippen molar-refractivity contribution < 1.29 is 0 Å². The maximum atomic E-state index is 5.88. The highest BCUT2D eigenvalue weighted by Crippen LogP contribution is 2.22. The Morgan fingerprint density at radius 2 is 2.24 bits per heavy atom. The maximum Gasteiger partial charge on any atom is 0.0962 e. The smallest absolute Gasteiger partial charge is 0.0962 e. The van der Waals surface area contributed by atoms with Crippen molar-refractivity contribution in [1.29, 1.82) is 0 Å². The van der Waals surface area contributed by atoms with Crippen LogP contribution in [-0.2, 0) is 6.54 Å². The lowest BCUT2D eigenvalue weighted by atomic mass is 10.1. The van der Waals surface area contributed by atoms with Crippen LogP contribution in [0.2, 0.25) is 0 Å². The number of hydrogen-bond acceptors (Lipinski definition) is 3. The van der Waals surface area contributed by atoms with E-state index >= 15 is 0 Å². The molecule has 0 bridgehead atoms. The SMILES string of the molecule is CC(C)CCn1cc(-c2ncccc2N)cn1. The minimum Gasteiger partial charge on any atom is -0.397 e. The van der Waals surface area contributed by atoms with Crippen LogP contribution in [0.3, 0.4) is 0 Å². The van der Waals surface area contributed by atoms with Crippen molar-refractivity contribution >= 4 is 5.69 Å². The summed E-state index contributed by atoms with van der Waals surface area (Å²) in [5.41, 5.74) is 8.36. The standard InChI is InChI=1S/C13H18N4/c1-10(2)5-7-17-9-11(8-16-17)13-12(14)4-3-6-15-13/h3-4,6,8-10H,5,7,14H2,1-2H3. The predicted octanol–water partition coefficient (Wildman–Crippen LogP) is 2.57. The van der Waals surface area contributed by atoms with Crippen LogP contribution >= 0.6 is 0 Å². The van der Waals surface area contributed by atoms with Gasteiger partial charge in [0.25, 0.3) is 0 Å². The number of nitrogen functional groups attached to an aromatic ring is 1. The van der Waals surface area contributed by atoms with Crippen LogP contribution < -0.4 is 5.73 Å². The fraction of sp³-hybridized carbons (Fsp3) is 0.385. The zero-order valence-corrected chi connectivity index (χ0v) is 10.3. The Morgan fingerprint density at radius 1 is 1.41 bits per heavy atom. The Hall–Kier alpha value is -1.84. The monoisotopic (exact) mass is 230 g/mol. The average Bonchev–Trinajstić information content (AvgIpc) is 2.75. The zero-order chi connectivity index (χ0) is 12.3.